The second kappa shape index (κ2) is 14.7. The SMILES string of the molecule is CC(C)OP(=O)(NC(=S)Nc1ccc2c(c1)OCCOCCOCCOCCO2)OC(C)C. The molecule has 0 atom stereocenters. The van der Waals surface area contributed by atoms with Gasteiger partial charge in [0.05, 0.1) is 51.8 Å². The minimum absolute atomic E-state index is 0.0920. The van der Waals surface area contributed by atoms with Gasteiger partial charge in [0, 0.05) is 11.8 Å². The zero-order chi connectivity index (χ0) is 24.1. The number of ether oxygens (including phenoxy) is 5. The maximum atomic E-state index is 13.0. The molecule has 0 spiro atoms. The van der Waals surface area contributed by atoms with Crippen LogP contribution in [0.4, 0.5) is 5.69 Å². The summed E-state index contributed by atoms with van der Waals surface area (Å²) in [7, 11) is -3.64. The third-order valence-corrected chi connectivity index (χ3v) is 6.10. The monoisotopic (exact) mass is 506 g/mol. The largest absolute Gasteiger partial charge is 0.487 e. The minimum atomic E-state index is -3.64. The third-order valence-electron chi connectivity index (χ3n) is 3.85. The summed E-state index contributed by atoms with van der Waals surface area (Å²) < 4.78 is 52.0. The van der Waals surface area contributed by atoms with Crippen molar-refractivity contribution in [1.82, 2.24) is 5.09 Å². The highest BCUT2D eigenvalue weighted by molar-refractivity contribution is 7.81. The molecule has 0 radical (unpaired) electrons. The number of rotatable bonds is 6. The Kier molecular flexibility index (Phi) is 12.4. The molecule has 1 aliphatic rings. The van der Waals surface area contributed by atoms with Crippen LogP contribution in [0.1, 0.15) is 27.7 Å². The standard InChI is InChI=1S/C21H35N2O8PS/c1-16(2)30-32(24,31-17(3)4)23-21(33)22-18-5-6-19-20(15-18)29-14-12-27-10-8-25-7-9-26-11-13-28-19/h5-6,15-17H,7-14H2,1-4H3,(H2,22,23,24,33). The lowest BCUT2D eigenvalue weighted by Crippen LogP contribution is -2.29. The van der Waals surface area contributed by atoms with Gasteiger partial charge in [-0.3, -0.25) is 14.1 Å². The van der Waals surface area contributed by atoms with Gasteiger partial charge < -0.3 is 29.0 Å². The molecule has 33 heavy (non-hydrogen) atoms. The van der Waals surface area contributed by atoms with E-state index in [0.29, 0.717) is 70.0 Å². The van der Waals surface area contributed by atoms with Gasteiger partial charge in [0.15, 0.2) is 16.6 Å². The molecule has 0 saturated heterocycles. The fourth-order valence-electron chi connectivity index (χ4n) is 2.70. The highest BCUT2D eigenvalue weighted by Crippen LogP contribution is 2.46. The van der Waals surface area contributed by atoms with Gasteiger partial charge in [-0.2, -0.15) is 0 Å². The van der Waals surface area contributed by atoms with Gasteiger partial charge >= 0.3 is 7.75 Å². The molecule has 1 aromatic rings. The van der Waals surface area contributed by atoms with E-state index < -0.39 is 7.75 Å². The lowest BCUT2D eigenvalue weighted by molar-refractivity contribution is 0.00708. The number of hydrogen-bond acceptors (Lipinski definition) is 9. The molecule has 12 heteroatoms. The number of anilines is 1. The molecule has 0 amide bonds. The average Bonchev–Trinajstić information content (AvgIpc) is 2.71. The van der Waals surface area contributed by atoms with Crippen LogP contribution in [0.3, 0.4) is 0 Å². The van der Waals surface area contributed by atoms with Crippen LogP contribution in [0.5, 0.6) is 11.5 Å². The van der Waals surface area contributed by atoms with E-state index in [1.54, 1.807) is 45.9 Å². The zero-order valence-corrected chi connectivity index (χ0v) is 21.4. The molecule has 0 saturated carbocycles. The van der Waals surface area contributed by atoms with E-state index in [0.717, 1.165) is 0 Å². The van der Waals surface area contributed by atoms with Crippen LogP contribution in [0.15, 0.2) is 18.2 Å². The van der Waals surface area contributed by atoms with Crippen LogP contribution < -0.4 is 19.9 Å². The molecule has 188 valence electrons. The second-order valence-electron chi connectivity index (χ2n) is 7.57. The molecule has 0 aromatic heterocycles. The van der Waals surface area contributed by atoms with Gasteiger partial charge in [-0.05, 0) is 52.0 Å². The molecule has 1 aliphatic heterocycles. The molecule has 10 nitrogen and oxygen atoms in total. The van der Waals surface area contributed by atoms with Crippen LogP contribution in [0.2, 0.25) is 0 Å². The van der Waals surface area contributed by atoms with Crippen molar-refractivity contribution in [2.75, 3.05) is 58.2 Å². The number of hydrogen-bond donors (Lipinski definition) is 2. The highest BCUT2D eigenvalue weighted by Gasteiger charge is 2.29. The summed E-state index contributed by atoms with van der Waals surface area (Å²) in [4.78, 5) is 0. The van der Waals surface area contributed by atoms with E-state index in [4.69, 9.17) is 44.9 Å². The van der Waals surface area contributed by atoms with E-state index in [9.17, 15) is 4.57 Å². The molecular weight excluding hydrogens is 471 g/mol. The second-order valence-corrected chi connectivity index (χ2v) is 9.62. The Hall–Kier alpha value is -1.46. The summed E-state index contributed by atoms with van der Waals surface area (Å²) in [6.07, 6.45) is -0.632. The van der Waals surface area contributed by atoms with E-state index in [1.165, 1.54) is 0 Å². The predicted molar refractivity (Wildman–Crippen MR) is 129 cm³/mol. The van der Waals surface area contributed by atoms with Crippen molar-refractivity contribution in [2.24, 2.45) is 0 Å². The van der Waals surface area contributed by atoms with E-state index in [1.807, 2.05) is 0 Å². The lowest BCUT2D eigenvalue weighted by Gasteiger charge is -2.24. The van der Waals surface area contributed by atoms with E-state index in [-0.39, 0.29) is 17.3 Å². The van der Waals surface area contributed by atoms with Crippen molar-refractivity contribution < 1.29 is 37.3 Å². The van der Waals surface area contributed by atoms with Crippen molar-refractivity contribution in [3.05, 3.63) is 18.2 Å². The molecule has 1 aromatic carbocycles. The third kappa shape index (κ3) is 11.5. The first-order chi connectivity index (χ1) is 15.8. The van der Waals surface area contributed by atoms with Crippen LogP contribution in [0, 0.1) is 0 Å². The summed E-state index contributed by atoms with van der Waals surface area (Å²) in [5, 5.41) is 5.75. The van der Waals surface area contributed by atoms with Crippen molar-refractivity contribution in [2.45, 2.75) is 39.9 Å². The van der Waals surface area contributed by atoms with Crippen molar-refractivity contribution in [3.63, 3.8) is 0 Å². The maximum Gasteiger partial charge on any atom is 0.434 e. The van der Waals surface area contributed by atoms with Crippen LogP contribution in [-0.4, -0.2) is 70.2 Å². The highest BCUT2D eigenvalue weighted by atomic mass is 32.1. The van der Waals surface area contributed by atoms with Gasteiger partial charge in [0.2, 0.25) is 0 Å². The fraction of sp³-hybridized carbons (Fsp3) is 0.667. The van der Waals surface area contributed by atoms with Gasteiger partial charge in [0.1, 0.15) is 13.2 Å². The van der Waals surface area contributed by atoms with Crippen molar-refractivity contribution in [1.29, 1.82) is 0 Å². The molecule has 2 N–H and O–H groups in total. The maximum absolute atomic E-state index is 13.0. The average molecular weight is 507 g/mol. The molecule has 0 bridgehead atoms. The summed E-state index contributed by atoms with van der Waals surface area (Å²) in [6, 6.07) is 5.27. The number of benzene rings is 1. The van der Waals surface area contributed by atoms with Gasteiger partial charge in [0.25, 0.3) is 0 Å². The Labute approximate surface area is 201 Å². The van der Waals surface area contributed by atoms with E-state index >= 15 is 0 Å². The zero-order valence-electron chi connectivity index (χ0n) is 19.7. The number of nitrogens with one attached hydrogen (secondary N) is 2. The Balaban J connectivity index is 2.05. The van der Waals surface area contributed by atoms with Crippen molar-refractivity contribution in [3.8, 4) is 11.5 Å². The fourth-order valence-corrected chi connectivity index (χ4v) is 4.72. The van der Waals surface area contributed by atoms with Crippen LogP contribution in [-0.2, 0) is 27.8 Å². The summed E-state index contributed by atoms with van der Waals surface area (Å²) in [6.45, 7) is 10.6. The summed E-state index contributed by atoms with van der Waals surface area (Å²) in [5.41, 5.74) is 0.610. The molecular formula is C21H35N2O8PS. The molecule has 2 rings (SSSR count). The first kappa shape index (κ1) is 27.8. The summed E-state index contributed by atoms with van der Waals surface area (Å²) >= 11 is 5.33. The van der Waals surface area contributed by atoms with Crippen LogP contribution in [0.25, 0.3) is 0 Å². The smallest absolute Gasteiger partial charge is 0.434 e. The number of thiocarbonyl (C=S) groups is 1. The molecule has 0 fully saturated rings. The molecule has 0 aliphatic carbocycles. The Morgan fingerprint density at radius 2 is 1.33 bits per heavy atom. The summed E-state index contributed by atoms with van der Waals surface area (Å²) in [5.74, 6) is 1.07. The van der Waals surface area contributed by atoms with Crippen molar-refractivity contribution >= 4 is 30.8 Å². The quantitative estimate of drug-likeness (QED) is 0.435. The predicted octanol–water partition coefficient (Wildman–Crippen LogP) is 3.75. The molecule has 1 heterocycles. The number of fused-ring (bicyclic) bond motifs is 1. The minimum Gasteiger partial charge on any atom is -0.487 e. The Bertz CT molecular complexity index is 767. The molecule has 0 unspecified atom stereocenters. The van der Waals surface area contributed by atoms with Gasteiger partial charge in [-0.25, -0.2) is 4.57 Å². The first-order valence-electron chi connectivity index (χ1n) is 11.0. The Morgan fingerprint density at radius 3 is 1.85 bits per heavy atom. The topological polar surface area (TPSA) is 106 Å². The Morgan fingerprint density at radius 1 is 0.848 bits per heavy atom. The normalized spacial score (nSPS) is 16.7. The van der Waals surface area contributed by atoms with Gasteiger partial charge in [-0.15, -0.1) is 0 Å². The first-order valence-corrected chi connectivity index (χ1v) is 12.9. The lowest BCUT2D eigenvalue weighted by atomic mass is 10.2. The van der Waals surface area contributed by atoms with E-state index in [2.05, 4.69) is 10.4 Å². The van der Waals surface area contributed by atoms with Crippen LogP contribution >= 0.6 is 20.0 Å². The van der Waals surface area contributed by atoms with Gasteiger partial charge in [-0.1, -0.05) is 0 Å².